The van der Waals surface area contributed by atoms with Gasteiger partial charge in [-0.2, -0.15) is 9.90 Å². The Morgan fingerprint density at radius 3 is 0.632 bits per heavy atom. The Balaban J connectivity index is 0.00000110. The lowest BCUT2D eigenvalue weighted by molar-refractivity contribution is 1.77. The minimum absolute atomic E-state index is 0. The fourth-order valence-corrected chi connectivity index (χ4v) is 2.86. The summed E-state index contributed by atoms with van der Waals surface area (Å²) in [7, 11) is 0. The van der Waals surface area contributed by atoms with Gasteiger partial charge in [0.05, 0.1) is 0 Å². The van der Waals surface area contributed by atoms with Gasteiger partial charge < -0.3 is 0 Å². The monoisotopic (exact) mass is 262 g/mol. The van der Waals surface area contributed by atoms with Crippen molar-refractivity contribution in [2.75, 3.05) is 0 Å². The second kappa shape index (κ2) is 4.64. The van der Waals surface area contributed by atoms with Crippen LogP contribution in [0.25, 0.3) is 32.3 Å². The van der Waals surface area contributed by atoms with E-state index in [4.69, 9.17) is 0 Å². The van der Waals surface area contributed by atoms with Crippen molar-refractivity contribution >= 4 is 42.2 Å². The summed E-state index contributed by atoms with van der Waals surface area (Å²) in [5, 5.41) is 8.04. The highest BCUT2D eigenvalue weighted by Crippen LogP contribution is 2.34. The second-order valence-corrected chi connectivity index (χ2v) is 4.64. The van der Waals surface area contributed by atoms with Crippen LogP contribution in [-0.4, -0.2) is 0 Å². The molecule has 0 heterocycles. The minimum Gasteiger partial charge on any atom is -0.153 e. The van der Waals surface area contributed by atoms with Gasteiger partial charge in [0.2, 0.25) is 0 Å². The first kappa shape index (κ1) is 12.1. The van der Waals surface area contributed by atoms with Crippen molar-refractivity contribution in [3.63, 3.8) is 0 Å². The number of benzene rings is 4. The van der Waals surface area contributed by atoms with Crippen LogP contribution in [0.1, 0.15) is 0 Å². The number of hydrogen-bond acceptors (Lipinski definition) is 0. The fraction of sp³-hybridized carbons (Fsp3) is 0. The maximum absolute atomic E-state index is 2.21. The van der Waals surface area contributed by atoms with Crippen LogP contribution in [0.5, 0.6) is 0 Å². The largest absolute Gasteiger partial charge is 0.153 e. The second-order valence-electron chi connectivity index (χ2n) is 4.64. The summed E-state index contributed by atoms with van der Waals surface area (Å²) in [6.07, 6.45) is 0. The molecule has 0 saturated carbocycles. The Morgan fingerprint density at radius 1 is 0.316 bits per heavy atom. The van der Waals surface area contributed by atoms with Crippen LogP contribution < -0.4 is 0 Å². The van der Waals surface area contributed by atoms with E-state index in [0.717, 1.165) is 0 Å². The quantitative estimate of drug-likeness (QED) is 0.301. The zero-order chi connectivity index (χ0) is 11.9. The van der Waals surface area contributed by atoms with Crippen LogP contribution in [0.15, 0.2) is 72.8 Å². The molecule has 19 heavy (non-hydrogen) atoms. The van der Waals surface area contributed by atoms with Crippen LogP contribution in [0.3, 0.4) is 0 Å². The van der Waals surface area contributed by atoms with Gasteiger partial charge in [-0.25, -0.2) is 0 Å². The smallest absolute Gasteiger partial charge is 0.00990 e. The molecule has 4 aromatic rings. The standard InChI is InChI=1S/C18H12.H3P/c1-2-8-14-13(7-1)15-9-3-4-11-17(15)18-12-6-5-10-16(14)18;/h1-12H;1H3. The molecule has 1 atom stereocenters. The Morgan fingerprint density at radius 2 is 0.474 bits per heavy atom. The molecule has 0 aliphatic carbocycles. The maximum Gasteiger partial charge on any atom is -0.00990 e. The Labute approximate surface area is 115 Å². The van der Waals surface area contributed by atoms with Gasteiger partial charge in [-0.3, -0.25) is 0 Å². The van der Waals surface area contributed by atoms with E-state index in [9.17, 15) is 0 Å². The summed E-state index contributed by atoms with van der Waals surface area (Å²) in [6.45, 7) is 0. The molecular weight excluding hydrogens is 247 g/mol. The zero-order valence-electron chi connectivity index (χ0n) is 10.6. The van der Waals surface area contributed by atoms with Crippen LogP contribution in [-0.2, 0) is 0 Å². The topological polar surface area (TPSA) is 0 Å². The highest BCUT2D eigenvalue weighted by atomic mass is 31.0. The minimum atomic E-state index is 0. The molecule has 0 aliphatic rings. The van der Waals surface area contributed by atoms with Crippen molar-refractivity contribution < 1.29 is 0 Å². The Hall–Kier alpha value is -1.91. The zero-order valence-corrected chi connectivity index (χ0v) is 12.0. The highest BCUT2D eigenvalue weighted by molar-refractivity contribution is 6.92. The molecule has 0 nitrogen and oxygen atoms in total. The van der Waals surface area contributed by atoms with E-state index in [1.165, 1.54) is 32.3 Å². The molecule has 0 fully saturated rings. The normalized spacial score (nSPS) is 10.7. The third-order valence-electron chi connectivity index (χ3n) is 3.65. The summed E-state index contributed by atoms with van der Waals surface area (Å²) in [6, 6.07) is 26.0. The Kier molecular flexibility index (Phi) is 2.97. The molecule has 4 aromatic carbocycles. The van der Waals surface area contributed by atoms with Crippen LogP contribution in [0.4, 0.5) is 0 Å². The molecule has 92 valence electrons. The van der Waals surface area contributed by atoms with Gasteiger partial charge in [0.25, 0.3) is 0 Å². The molecule has 1 unspecified atom stereocenters. The van der Waals surface area contributed by atoms with Crippen molar-refractivity contribution in [1.29, 1.82) is 0 Å². The summed E-state index contributed by atoms with van der Waals surface area (Å²) < 4.78 is 0. The number of hydrogen-bond donors (Lipinski definition) is 0. The molecule has 1 heteroatoms. The van der Waals surface area contributed by atoms with E-state index >= 15 is 0 Å². The van der Waals surface area contributed by atoms with Crippen LogP contribution in [0, 0.1) is 0 Å². The van der Waals surface area contributed by atoms with Gasteiger partial charge in [0.15, 0.2) is 0 Å². The lowest BCUT2D eigenvalue weighted by Crippen LogP contribution is -1.81. The molecule has 0 spiro atoms. The molecule has 4 rings (SSSR count). The van der Waals surface area contributed by atoms with Gasteiger partial charge >= 0.3 is 0 Å². The molecule has 0 N–H and O–H groups in total. The summed E-state index contributed by atoms with van der Waals surface area (Å²) >= 11 is 0. The van der Waals surface area contributed by atoms with E-state index in [-0.39, 0.29) is 9.90 Å². The molecule has 0 radical (unpaired) electrons. The molecule has 0 saturated heterocycles. The lowest BCUT2D eigenvalue weighted by Gasteiger charge is -2.09. The van der Waals surface area contributed by atoms with E-state index in [0.29, 0.717) is 0 Å². The molecule has 0 amide bonds. The summed E-state index contributed by atoms with van der Waals surface area (Å²) in [4.78, 5) is 0. The van der Waals surface area contributed by atoms with Crippen molar-refractivity contribution in [3.8, 4) is 0 Å². The van der Waals surface area contributed by atoms with Gasteiger partial charge in [-0.05, 0) is 32.3 Å². The van der Waals surface area contributed by atoms with E-state index in [2.05, 4.69) is 72.8 Å². The Bertz CT molecular complexity index is 657. The SMILES string of the molecule is P.c1ccc2c(c1)c1ccccc1c1ccccc21. The fourth-order valence-electron chi connectivity index (χ4n) is 2.86. The van der Waals surface area contributed by atoms with Gasteiger partial charge in [-0.1, -0.05) is 72.8 Å². The van der Waals surface area contributed by atoms with Gasteiger partial charge in [-0.15, -0.1) is 0 Å². The van der Waals surface area contributed by atoms with Gasteiger partial charge in [0, 0.05) is 0 Å². The van der Waals surface area contributed by atoms with E-state index in [1.54, 1.807) is 0 Å². The van der Waals surface area contributed by atoms with Crippen LogP contribution >= 0.6 is 9.90 Å². The third kappa shape index (κ3) is 1.72. The average Bonchev–Trinajstić information content (AvgIpc) is 2.48. The summed E-state index contributed by atoms with van der Waals surface area (Å²) in [5.74, 6) is 0. The van der Waals surface area contributed by atoms with Gasteiger partial charge in [0.1, 0.15) is 0 Å². The number of fused-ring (bicyclic) bond motifs is 6. The lowest BCUT2D eigenvalue weighted by atomic mass is 9.95. The van der Waals surface area contributed by atoms with Crippen LogP contribution in [0.2, 0.25) is 0 Å². The van der Waals surface area contributed by atoms with E-state index < -0.39 is 0 Å². The van der Waals surface area contributed by atoms with Crippen molar-refractivity contribution in [2.45, 2.75) is 0 Å². The third-order valence-corrected chi connectivity index (χ3v) is 3.65. The molecule has 0 aliphatic heterocycles. The predicted octanol–water partition coefficient (Wildman–Crippen LogP) is 5.20. The van der Waals surface area contributed by atoms with Crippen molar-refractivity contribution in [2.24, 2.45) is 0 Å². The number of rotatable bonds is 0. The first-order valence-corrected chi connectivity index (χ1v) is 6.23. The molecule has 0 aromatic heterocycles. The first-order valence-electron chi connectivity index (χ1n) is 6.23. The molecule has 0 bridgehead atoms. The first-order chi connectivity index (χ1) is 8.95. The van der Waals surface area contributed by atoms with Crippen molar-refractivity contribution in [1.82, 2.24) is 0 Å². The average molecular weight is 262 g/mol. The summed E-state index contributed by atoms with van der Waals surface area (Å²) in [5.41, 5.74) is 0. The van der Waals surface area contributed by atoms with Crippen molar-refractivity contribution in [3.05, 3.63) is 72.8 Å². The van der Waals surface area contributed by atoms with E-state index in [1.807, 2.05) is 0 Å². The molecular formula is C18H15P. The highest BCUT2D eigenvalue weighted by Gasteiger charge is 2.06. The maximum atomic E-state index is 2.21. The predicted molar refractivity (Wildman–Crippen MR) is 90.1 cm³/mol.